The second kappa shape index (κ2) is 5.80. The number of rotatable bonds is 3. The van der Waals surface area contributed by atoms with Gasteiger partial charge in [0.15, 0.2) is 0 Å². The summed E-state index contributed by atoms with van der Waals surface area (Å²) in [5.74, 6) is 0.371. The van der Waals surface area contributed by atoms with Crippen LogP contribution in [0.4, 0.5) is 5.69 Å². The summed E-state index contributed by atoms with van der Waals surface area (Å²) in [6, 6.07) is 15.0. The van der Waals surface area contributed by atoms with Crippen LogP contribution in [0.1, 0.15) is 42.5 Å². The van der Waals surface area contributed by atoms with E-state index in [-0.39, 0.29) is 0 Å². The smallest absolute Gasteiger partial charge is 0.115 e. The molecule has 0 bridgehead atoms. The van der Waals surface area contributed by atoms with E-state index in [0.29, 0.717) is 11.8 Å². The Morgan fingerprint density at radius 3 is 2.62 bits per heavy atom. The van der Waals surface area contributed by atoms with Crippen molar-refractivity contribution in [3.63, 3.8) is 0 Å². The van der Waals surface area contributed by atoms with Gasteiger partial charge in [0.1, 0.15) is 5.75 Å². The van der Waals surface area contributed by atoms with E-state index in [1.165, 1.54) is 28.8 Å². The number of hydrogen-bond donors (Lipinski definition) is 1. The van der Waals surface area contributed by atoms with Crippen LogP contribution in [0.3, 0.4) is 0 Å². The van der Waals surface area contributed by atoms with Crippen LogP contribution in [0.5, 0.6) is 5.75 Å². The molecule has 110 valence electrons. The SMILES string of the molecule is CCc1ccc(N(C)C2CCCc3ccc(O)cc32)cc1. The van der Waals surface area contributed by atoms with Crippen molar-refractivity contribution >= 4 is 5.69 Å². The predicted octanol–water partition coefficient (Wildman–Crippen LogP) is 4.47. The quantitative estimate of drug-likeness (QED) is 0.897. The second-order valence-electron chi connectivity index (χ2n) is 5.92. The van der Waals surface area contributed by atoms with Gasteiger partial charge in [0.05, 0.1) is 6.04 Å². The molecule has 0 heterocycles. The zero-order chi connectivity index (χ0) is 14.8. The third-order valence-electron chi connectivity index (χ3n) is 4.63. The van der Waals surface area contributed by atoms with Crippen molar-refractivity contribution in [1.82, 2.24) is 0 Å². The second-order valence-corrected chi connectivity index (χ2v) is 5.92. The highest BCUT2D eigenvalue weighted by atomic mass is 16.3. The molecule has 0 saturated carbocycles. The minimum atomic E-state index is 0.355. The number of nitrogens with zero attached hydrogens (tertiary/aromatic N) is 1. The van der Waals surface area contributed by atoms with Crippen LogP contribution in [0, 0.1) is 0 Å². The van der Waals surface area contributed by atoms with Gasteiger partial charge >= 0.3 is 0 Å². The van der Waals surface area contributed by atoms with Gasteiger partial charge in [-0.05, 0) is 66.6 Å². The molecule has 1 atom stereocenters. The van der Waals surface area contributed by atoms with Crippen molar-refractivity contribution in [2.45, 2.75) is 38.6 Å². The molecule has 3 rings (SSSR count). The average molecular weight is 281 g/mol. The molecule has 2 heteroatoms. The molecule has 1 aliphatic carbocycles. The van der Waals surface area contributed by atoms with Gasteiger partial charge in [-0.3, -0.25) is 0 Å². The summed E-state index contributed by atoms with van der Waals surface area (Å²) in [5.41, 5.74) is 5.27. The van der Waals surface area contributed by atoms with E-state index in [1.807, 2.05) is 6.07 Å². The molecule has 0 saturated heterocycles. The lowest BCUT2D eigenvalue weighted by Gasteiger charge is -2.35. The number of fused-ring (bicyclic) bond motifs is 1. The Hall–Kier alpha value is -1.96. The largest absolute Gasteiger partial charge is 0.508 e. The summed E-state index contributed by atoms with van der Waals surface area (Å²) in [6.07, 6.45) is 4.54. The highest BCUT2D eigenvalue weighted by molar-refractivity contribution is 5.51. The van der Waals surface area contributed by atoms with E-state index < -0.39 is 0 Å². The highest BCUT2D eigenvalue weighted by Gasteiger charge is 2.24. The lowest BCUT2D eigenvalue weighted by Crippen LogP contribution is -2.27. The number of anilines is 1. The Morgan fingerprint density at radius 2 is 1.90 bits per heavy atom. The Labute approximate surface area is 127 Å². The fourth-order valence-electron chi connectivity index (χ4n) is 3.31. The molecule has 21 heavy (non-hydrogen) atoms. The topological polar surface area (TPSA) is 23.5 Å². The van der Waals surface area contributed by atoms with E-state index >= 15 is 0 Å². The van der Waals surface area contributed by atoms with Crippen LogP contribution in [0.15, 0.2) is 42.5 Å². The molecular weight excluding hydrogens is 258 g/mol. The van der Waals surface area contributed by atoms with Gasteiger partial charge in [-0.1, -0.05) is 25.1 Å². The summed E-state index contributed by atoms with van der Waals surface area (Å²) in [6.45, 7) is 2.18. The summed E-state index contributed by atoms with van der Waals surface area (Å²) in [5, 5.41) is 9.81. The Bertz CT molecular complexity index is 618. The number of aryl methyl sites for hydroxylation is 2. The van der Waals surface area contributed by atoms with Crippen LogP contribution in [-0.4, -0.2) is 12.2 Å². The Kier molecular flexibility index (Phi) is 3.87. The molecule has 0 aliphatic heterocycles. The number of benzene rings is 2. The first kappa shape index (κ1) is 14.0. The normalized spacial score (nSPS) is 17.3. The molecule has 0 spiro atoms. The molecule has 1 N–H and O–H groups in total. The van der Waals surface area contributed by atoms with Crippen molar-refractivity contribution in [3.05, 3.63) is 59.2 Å². The summed E-state index contributed by atoms with van der Waals surface area (Å²) >= 11 is 0. The van der Waals surface area contributed by atoms with Crippen LogP contribution in [0.25, 0.3) is 0 Å². The molecule has 0 fully saturated rings. The fourth-order valence-corrected chi connectivity index (χ4v) is 3.31. The molecule has 0 aromatic heterocycles. The monoisotopic (exact) mass is 281 g/mol. The standard InChI is InChI=1S/C19H23NO/c1-3-14-7-10-16(11-8-14)20(2)19-6-4-5-15-9-12-17(21)13-18(15)19/h7-13,19,21H,3-6H2,1-2H3. The number of phenols is 1. The van der Waals surface area contributed by atoms with E-state index in [1.54, 1.807) is 6.07 Å². The minimum Gasteiger partial charge on any atom is -0.508 e. The van der Waals surface area contributed by atoms with Gasteiger partial charge in [-0.15, -0.1) is 0 Å². The summed E-state index contributed by atoms with van der Waals surface area (Å²) < 4.78 is 0. The minimum absolute atomic E-state index is 0.355. The van der Waals surface area contributed by atoms with Crippen LogP contribution in [-0.2, 0) is 12.8 Å². The number of phenolic OH excluding ortho intramolecular Hbond substituents is 1. The van der Waals surface area contributed by atoms with Gasteiger partial charge in [0, 0.05) is 12.7 Å². The van der Waals surface area contributed by atoms with Crippen LogP contribution < -0.4 is 4.90 Å². The van der Waals surface area contributed by atoms with Crippen molar-refractivity contribution in [2.24, 2.45) is 0 Å². The summed E-state index contributed by atoms with van der Waals surface area (Å²) in [4.78, 5) is 2.34. The molecule has 2 aromatic rings. The van der Waals surface area contributed by atoms with Crippen molar-refractivity contribution in [1.29, 1.82) is 0 Å². The van der Waals surface area contributed by atoms with Gasteiger partial charge in [-0.2, -0.15) is 0 Å². The van der Waals surface area contributed by atoms with Crippen LogP contribution in [0.2, 0.25) is 0 Å². The third-order valence-corrected chi connectivity index (χ3v) is 4.63. The zero-order valence-electron chi connectivity index (χ0n) is 12.8. The van der Waals surface area contributed by atoms with E-state index in [9.17, 15) is 5.11 Å². The fraction of sp³-hybridized carbons (Fsp3) is 0.368. The number of hydrogen-bond acceptors (Lipinski definition) is 2. The maximum Gasteiger partial charge on any atom is 0.115 e. The van der Waals surface area contributed by atoms with E-state index in [0.717, 1.165) is 19.3 Å². The molecule has 1 unspecified atom stereocenters. The Balaban J connectivity index is 1.91. The van der Waals surface area contributed by atoms with Gasteiger partial charge in [0.25, 0.3) is 0 Å². The average Bonchev–Trinajstić information content (AvgIpc) is 2.53. The Morgan fingerprint density at radius 1 is 1.14 bits per heavy atom. The highest BCUT2D eigenvalue weighted by Crippen LogP contribution is 2.37. The van der Waals surface area contributed by atoms with Crippen LogP contribution >= 0.6 is 0 Å². The lowest BCUT2D eigenvalue weighted by atomic mass is 9.86. The van der Waals surface area contributed by atoms with Crippen molar-refractivity contribution in [3.8, 4) is 5.75 Å². The summed E-state index contributed by atoms with van der Waals surface area (Å²) in [7, 11) is 2.16. The molecule has 0 radical (unpaired) electrons. The van der Waals surface area contributed by atoms with Crippen molar-refractivity contribution < 1.29 is 5.11 Å². The van der Waals surface area contributed by atoms with E-state index in [2.05, 4.69) is 49.2 Å². The third kappa shape index (κ3) is 2.76. The zero-order valence-corrected chi connectivity index (χ0v) is 12.8. The number of aromatic hydroxyl groups is 1. The molecular formula is C19H23NO. The first-order valence-electron chi connectivity index (χ1n) is 7.82. The lowest BCUT2D eigenvalue weighted by molar-refractivity contribution is 0.469. The maximum atomic E-state index is 9.81. The van der Waals surface area contributed by atoms with Gasteiger partial charge in [0.2, 0.25) is 0 Å². The first-order valence-corrected chi connectivity index (χ1v) is 7.82. The predicted molar refractivity (Wildman–Crippen MR) is 88.0 cm³/mol. The van der Waals surface area contributed by atoms with Gasteiger partial charge in [-0.25, -0.2) is 0 Å². The maximum absolute atomic E-state index is 9.81. The van der Waals surface area contributed by atoms with Gasteiger partial charge < -0.3 is 10.0 Å². The molecule has 2 aromatic carbocycles. The first-order chi connectivity index (χ1) is 10.2. The molecule has 2 nitrogen and oxygen atoms in total. The molecule has 0 amide bonds. The van der Waals surface area contributed by atoms with Crippen molar-refractivity contribution in [2.75, 3.05) is 11.9 Å². The van der Waals surface area contributed by atoms with E-state index in [4.69, 9.17) is 0 Å². The molecule has 1 aliphatic rings.